The third kappa shape index (κ3) is 4.47. The molecule has 3 nitrogen and oxygen atoms in total. The van der Waals surface area contributed by atoms with E-state index in [9.17, 15) is 4.79 Å². The van der Waals surface area contributed by atoms with E-state index >= 15 is 0 Å². The van der Waals surface area contributed by atoms with Crippen LogP contribution in [0, 0.1) is 11.8 Å². The predicted octanol–water partition coefficient (Wildman–Crippen LogP) is 3.49. The molecule has 1 aromatic rings. The second-order valence-corrected chi connectivity index (χ2v) is 6.89. The summed E-state index contributed by atoms with van der Waals surface area (Å²) >= 11 is 6.06. The molecule has 2 rings (SSSR count). The monoisotopic (exact) mass is 322 g/mol. The molecule has 0 aromatic heterocycles. The van der Waals surface area contributed by atoms with Crippen molar-refractivity contribution in [3.63, 3.8) is 0 Å². The summed E-state index contributed by atoms with van der Waals surface area (Å²) in [7, 11) is 0. The van der Waals surface area contributed by atoms with Crippen LogP contribution in [0.15, 0.2) is 24.3 Å². The van der Waals surface area contributed by atoms with Crippen LogP contribution < -0.4 is 5.73 Å². The van der Waals surface area contributed by atoms with E-state index in [0.717, 1.165) is 37.3 Å². The molecular weight excluding hydrogens is 296 g/mol. The quantitative estimate of drug-likeness (QED) is 0.902. The van der Waals surface area contributed by atoms with E-state index in [1.54, 1.807) is 0 Å². The second-order valence-electron chi connectivity index (χ2n) is 6.45. The minimum Gasteiger partial charge on any atom is -0.341 e. The van der Waals surface area contributed by atoms with Crippen LogP contribution in [0.25, 0.3) is 0 Å². The maximum atomic E-state index is 12.6. The highest BCUT2D eigenvalue weighted by molar-refractivity contribution is 6.30. The fourth-order valence-electron chi connectivity index (χ4n) is 3.47. The molecule has 1 aromatic carbocycles. The van der Waals surface area contributed by atoms with E-state index in [1.165, 1.54) is 5.56 Å². The summed E-state index contributed by atoms with van der Waals surface area (Å²) in [6, 6.07) is 8.05. The van der Waals surface area contributed by atoms with E-state index in [0.29, 0.717) is 12.5 Å². The summed E-state index contributed by atoms with van der Waals surface area (Å²) < 4.78 is 0. The first kappa shape index (κ1) is 17.3. The first-order valence-corrected chi connectivity index (χ1v) is 8.70. The number of hydrogen-bond donors (Lipinski definition) is 1. The first-order chi connectivity index (χ1) is 10.5. The van der Waals surface area contributed by atoms with Gasteiger partial charge in [-0.1, -0.05) is 37.6 Å². The Morgan fingerprint density at radius 2 is 2.09 bits per heavy atom. The van der Waals surface area contributed by atoms with Gasteiger partial charge in [-0.2, -0.15) is 0 Å². The third-order valence-corrected chi connectivity index (χ3v) is 4.86. The van der Waals surface area contributed by atoms with Gasteiger partial charge in [0.05, 0.1) is 0 Å². The highest BCUT2D eigenvalue weighted by Crippen LogP contribution is 2.24. The van der Waals surface area contributed by atoms with Crippen LogP contribution >= 0.6 is 11.6 Å². The number of carbonyl (C=O) groups excluding carboxylic acids is 1. The standard InChI is InChI=1S/C18H27ClN2O/c1-3-15(4-2)18(22)21-11-14(10-17(20)12-21)8-13-6-5-7-16(19)9-13/h5-7,9,14-15,17H,3-4,8,10-12,20H2,1-2H3. The average Bonchev–Trinajstić information content (AvgIpc) is 2.47. The lowest BCUT2D eigenvalue weighted by Gasteiger charge is -2.38. The Labute approximate surface area is 138 Å². The highest BCUT2D eigenvalue weighted by atomic mass is 35.5. The van der Waals surface area contributed by atoms with Gasteiger partial charge in [0.15, 0.2) is 0 Å². The molecule has 0 spiro atoms. The third-order valence-electron chi connectivity index (χ3n) is 4.63. The Balaban J connectivity index is 2.03. The topological polar surface area (TPSA) is 46.3 Å². The van der Waals surface area contributed by atoms with Gasteiger partial charge in [-0.05, 0) is 49.3 Å². The molecule has 122 valence electrons. The zero-order valence-corrected chi connectivity index (χ0v) is 14.4. The number of piperidine rings is 1. The number of hydrogen-bond acceptors (Lipinski definition) is 2. The lowest BCUT2D eigenvalue weighted by Crippen LogP contribution is -2.51. The molecule has 4 heteroatoms. The van der Waals surface area contributed by atoms with Crippen molar-refractivity contribution in [2.75, 3.05) is 13.1 Å². The van der Waals surface area contributed by atoms with Crippen molar-refractivity contribution in [2.45, 2.75) is 45.6 Å². The molecule has 1 saturated heterocycles. The van der Waals surface area contributed by atoms with Crippen LogP contribution in [-0.2, 0) is 11.2 Å². The Kier molecular flexibility index (Phi) is 6.27. The second kappa shape index (κ2) is 7.98. The maximum Gasteiger partial charge on any atom is 0.225 e. The predicted molar refractivity (Wildman–Crippen MR) is 91.9 cm³/mol. The molecule has 2 N–H and O–H groups in total. The highest BCUT2D eigenvalue weighted by Gasteiger charge is 2.30. The van der Waals surface area contributed by atoms with Crippen LogP contribution in [0.2, 0.25) is 5.02 Å². The normalized spacial score (nSPS) is 22.1. The van der Waals surface area contributed by atoms with Gasteiger partial charge >= 0.3 is 0 Å². The van der Waals surface area contributed by atoms with Crippen molar-refractivity contribution in [3.8, 4) is 0 Å². The van der Waals surface area contributed by atoms with Gasteiger partial charge in [0.2, 0.25) is 5.91 Å². The molecule has 0 saturated carbocycles. The Morgan fingerprint density at radius 3 is 2.73 bits per heavy atom. The smallest absolute Gasteiger partial charge is 0.225 e. The summed E-state index contributed by atoms with van der Waals surface area (Å²) in [6.07, 6.45) is 3.71. The fraction of sp³-hybridized carbons (Fsp3) is 0.611. The summed E-state index contributed by atoms with van der Waals surface area (Å²) in [5, 5.41) is 0.766. The summed E-state index contributed by atoms with van der Waals surface area (Å²) in [5.74, 6) is 0.828. The van der Waals surface area contributed by atoms with Gasteiger partial charge in [0, 0.05) is 30.1 Å². The Bertz CT molecular complexity index is 502. The molecule has 1 aliphatic rings. The van der Waals surface area contributed by atoms with E-state index in [1.807, 2.05) is 23.1 Å². The molecule has 1 amide bonds. The fourth-order valence-corrected chi connectivity index (χ4v) is 3.68. The van der Waals surface area contributed by atoms with Crippen molar-refractivity contribution >= 4 is 17.5 Å². The number of likely N-dealkylation sites (tertiary alicyclic amines) is 1. The maximum absolute atomic E-state index is 12.6. The van der Waals surface area contributed by atoms with Gasteiger partial charge in [-0.15, -0.1) is 0 Å². The minimum absolute atomic E-state index is 0.0799. The number of nitrogens with two attached hydrogens (primary N) is 1. The average molecular weight is 323 g/mol. The van der Waals surface area contributed by atoms with Gasteiger partial charge in [-0.3, -0.25) is 4.79 Å². The van der Waals surface area contributed by atoms with Gasteiger partial charge in [0.25, 0.3) is 0 Å². The van der Waals surface area contributed by atoms with Crippen LogP contribution in [0.5, 0.6) is 0 Å². The molecule has 1 heterocycles. The number of carbonyl (C=O) groups is 1. The number of rotatable bonds is 5. The van der Waals surface area contributed by atoms with Crippen molar-refractivity contribution in [1.82, 2.24) is 4.90 Å². The molecule has 0 radical (unpaired) electrons. The number of benzene rings is 1. The van der Waals surface area contributed by atoms with Gasteiger partial charge in [0.1, 0.15) is 0 Å². The first-order valence-electron chi connectivity index (χ1n) is 8.32. The van der Waals surface area contributed by atoms with E-state index < -0.39 is 0 Å². The van der Waals surface area contributed by atoms with Crippen LogP contribution in [0.1, 0.15) is 38.7 Å². The number of amides is 1. The minimum atomic E-state index is 0.0799. The van der Waals surface area contributed by atoms with Crippen molar-refractivity contribution in [2.24, 2.45) is 17.6 Å². The van der Waals surface area contributed by atoms with Crippen molar-refractivity contribution < 1.29 is 4.79 Å². The number of halogens is 1. The van der Waals surface area contributed by atoms with E-state index in [2.05, 4.69) is 19.9 Å². The van der Waals surface area contributed by atoms with Crippen LogP contribution in [0.3, 0.4) is 0 Å². The largest absolute Gasteiger partial charge is 0.341 e. The van der Waals surface area contributed by atoms with E-state index in [-0.39, 0.29) is 17.9 Å². The SMILES string of the molecule is CCC(CC)C(=O)N1CC(N)CC(Cc2cccc(Cl)c2)C1. The Hall–Kier alpha value is -1.06. The van der Waals surface area contributed by atoms with Gasteiger partial charge in [-0.25, -0.2) is 0 Å². The van der Waals surface area contributed by atoms with Crippen LogP contribution in [-0.4, -0.2) is 29.9 Å². The number of nitrogens with zero attached hydrogens (tertiary/aromatic N) is 1. The summed E-state index contributed by atoms with van der Waals surface area (Å²) in [5.41, 5.74) is 7.42. The lowest BCUT2D eigenvalue weighted by molar-refractivity contribution is -0.138. The lowest BCUT2D eigenvalue weighted by atomic mass is 9.88. The molecule has 2 unspecified atom stereocenters. The van der Waals surface area contributed by atoms with Crippen molar-refractivity contribution in [3.05, 3.63) is 34.9 Å². The van der Waals surface area contributed by atoms with Crippen molar-refractivity contribution in [1.29, 1.82) is 0 Å². The molecule has 2 atom stereocenters. The summed E-state index contributed by atoms with van der Waals surface area (Å²) in [6.45, 7) is 5.68. The Morgan fingerprint density at radius 1 is 1.36 bits per heavy atom. The molecule has 0 aliphatic carbocycles. The van der Waals surface area contributed by atoms with Gasteiger partial charge < -0.3 is 10.6 Å². The molecule has 1 fully saturated rings. The molecule has 1 aliphatic heterocycles. The van der Waals surface area contributed by atoms with E-state index in [4.69, 9.17) is 17.3 Å². The molecule has 22 heavy (non-hydrogen) atoms. The zero-order chi connectivity index (χ0) is 16.1. The van der Waals surface area contributed by atoms with Crippen LogP contribution in [0.4, 0.5) is 0 Å². The summed E-state index contributed by atoms with van der Waals surface area (Å²) in [4.78, 5) is 14.6. The molecular formula is C18H27ClN2O. The zero-order valence-electron chi connectivity index (χ0n) is 13.6. The molecule has 0 bridgehead atoms.